The van der Waals surface area contributed by atoms with Crippen molar-refractivity contribution < 1.29 is 9.18 Å². The Balaban J connectivity index is 2.38. The van der Waals surface area contributed by atoms with Gasteiger partial charge in [-0.15, -0.1) is 0 Å². The van der Waals surface area contributed by atoms with E-state index in [1.165, 1.54) is 6.07 Å². The van der Waals surface area contributed by atoms with E-state index in [-0.39, 0.29) is 11.7 Å². The van der Waals surface area contributed by atoms with Gasteiger partial charge in [-0.25, -0.2) is 4.39 Å². The van der Waals surface area contributed by atoms with E-state index in [2.05, 4.69) is 36.9 Å². The first-order valence-corrected chi connectivity index (χ1v) is 9.26. The quantitative estimate of drug-likeness (QED) is 0.348. The average Bonchev–Trinajstić information content (AvgIpc) is 2.56. The number of halogens is 2. The van der Waals surface area contributed by atoms with Crippen molar-refractivity contribution in [3.63, 3.8) is 0 Å². The number of benzene rings is 1. The number of hydrogen-bond donors (Lipinski definition) is 3. The van der Waals surface area contributed by atoms with Gasteiger partial charge in [0, 0.05) is 31.2 Å². The SMILES string of the molecule is CCNC(=O)C(C)(C)CNC(=NC)NCCCc1ccc(Br)cc1F. The average molecular weight is 415 g/mol. The first-order chi connectivity index (χ1) is 11.8. The molecule has 0 heterocycles. The van der Waals surface area contributed by atoms with E-state index in [9.17, 15) is 9.18 Å². The smallest absolute Gasteiger partial charge is 0.227 e. The molecule has 1 amide bonds. The standard InChI is InChI=1S/C18H28BrFN4O/c1-5-22-16(25)18(2,3)12-24-17(21-4)23-10-6-7-13-8-9-14(19)11-15(13)20/h8-9,11H,5-7,10,12H2,1-4H3,(H,22,25)(H2,21,23,24). The highest BCUT2D eigenvalue weighted by molar-refractivity contribution is 9.10. The maximum Gasteiger partial charge on any atom is 0.227 e. The van der Waals surface area contributed by atoms with E-state index in [0.717, 1.165) is 10.9 Å². The minimum absolute atomic E-state index is 0.00340. The second kappa shape index (κ2) is 10.4. The fourth-order valence-corrected chi connectivity index (χ4v) is 2.55. The van der Waals surface area contributed by atoms with Gasteiger partial charge in [0.15, 0.2) is 5.96 Å². The largest absolute Gasteiger partial charge is 0.356 e. The van der Waals surface area contributed by atoms with Gasteiger partial charge in [-0.3, -0.25) is 9.79 Å². The fourth-order valence-electron chi connectivity index (χ4n) is 2.22. The van der Waals surface area contributed by atoms with E-state index >= 15 is 0 Å². The molecule has 5 nitrogen and oxygen atoms in total. The van der Waals surface area contributed by atoms with Gasteiger partial charge in [-0.05, 0) is 51.3 Å². The molecule has 140 valence electrons. The molecule has 0 spiro atoms. The number of rotatable bonds is 8. The van der Waals surface area contributed by atoms with Gasteiger partial charge in [0.05, 0.1) is 5.41 Å². The molecule has 0 aromatic heterocycles. The molecule has 0 aliphatic rings. The van der Waals surface area contributed by atoms with Crippen LogP contribution in [0.3, 0.4) is 0 Å². The van der Waals surface area contributed by atoms with Gasteiger partial charge in [0.2, 0.25) is 5.91 Å². The number of carbonyl (C=O) groups excluding carboxylic acids is 1. The molecule has 25 heavy (non-hydrogen) atoms. The van der Waals surface area contributed by atoms with Crippen molar-refractivity contribution in [2.75, 3.05) is 26.7 Å². The molecule has 0 saturated carbocycles. The molecule has 1 rings (SSSR count). The number of nitrogens with one attached hydrogen (secondary N) is 3. The molecule has 1 aromatic carbocycles. The summed E-state index contributed by atoms with van der Waals surface area (Å²) in [5.74, 6) is 0.442. The summed E-state index contributed by atoms with van der Waals surface area (Å²) in [6.07, 6.45) is 1.42. The Hall–Kier alpha value is -1.63. The number of amides is 1. The summed E-state index contributed by atoms with van der Waals surface area (Å²) < 4.78 is 14.5. The third kappa shape index (κ3) is 7.42. The Kier molecular flexibility index (Phi) is 8.89. The summed E-state index contributed by atoms with van der Waals surface area (Å²) in [7, 11) is 1.68. The number of aryl methyl sites for hydroxylation is 1. The molecule has 0 unspecified atom stereocenters. The van der Waals surface area contributed by atoms with Crippen LogP contribution in [0.2, 0.25) is 0 Å². The van der Waals surface area contributed by atoms with Crippen molar-refractivity contribution in [3.05, 3.63) is 34.1 Å². The second-order valence-corrected chi connectivity index (χ2v) is 7.35. The third-order valence-corrected chi connectivity index (χ3v) is 4.30. The zero-order valence-corrected chi connectivity index (χ0v) is 17.0. The van der Waals surface area contributed by atoms with Crippen LogP contribution in [0.4, 0.5) is 4.39 Å². The highest BCUT2D eigenvalue weighted by atomic mass is 79.9. The Labute approximate surface area is 158 Å². The van der Waals surface area contributed by atoms with Crippen LogP contribution in [0.25, 0.3) is 0 Å². The van der Waals surface area contributed by atoms with Crippen molar-refractivity contribution in [1.82, 2.24) is 16.0 Å². The molecule has 0 radical (unpaired) electrons. The van der Waals surface area contributed by atoms with E-state index in [1.807, 2.05) is 26.8 Å². The van der Waals surface area contributed by atoms with Crippen LogP contribution in [0, 0.1) is 11.2 Å². The molecule has 0 fully saturated rings. The molecular weight excluding hydrogens is 387 g/mol. The summed E-state index contributed by atoms with van der Waals surface area (Å²) in [6, 6.07) is 5.11. The van der Waals surface area contributed by atoms with E-state index in [1.54, 1.807) is 13.1 Å². The van der Waals surface area contributed by atoms with Gasteiger partial charge in [-0.2, -0.15) is 0 Å². The summed E-state index contributed by atoms with van der Waals surface area (Å²) in [6.45, 7) is 7.41. The van der Waals surface area contributed by atoms with E-state index < -0.39 is 5.41 Å². The van der Waals surface area contributed by atoms with Crippen LogP contribution in [-0.2, 0) is 11.2 Å². The molecule has 3 N–H and O–H groups in total. The maximum atomic E-state index is 13.8. The molecular formula is C18H28BrFN4O. The number of guanidine groups is 1. The lowest BCUT2D eigenvalue weighted by Crippen LogP contribution is -2.48. The maximum absolute atomic E-state index is 13.8. The number of nitrogens with zero attached hydrogens (tertiary/aromatic N) is 1. The van der Waals surface area contributed by atoms with Crippen LogP contribution < -0.4 is 16.0 Å². The normalized spacial score (nSPS) is 12.0. The van der Waals surface area contributed by atoms with E-state index in [4.69, 9.17) is 0 Å². The molecule has 0 aliphatic carbocycles. The number of aliphatic imine (C=N–C) groups is 1. The fraction of sp³-hybridized carbons (Fsp3) is 0.556. The minimum atomic E-state index is -0.534. The van der Waals surface area contributed by atoms with Gasteiger partial charge in [-0.1, -0.05) is 22.0 Å². The number of carbonyl (C=O) groups is 1. The van der Waals surface area contributed by atoms with Crippen LogP contribution in [0.15, 0.2) is 27.7 Å². The van der Waals surface area contributed by atoms with Crippen molar-refractivity contribution >= 4 is 27.8 Å². The van der Waals surface area contributed by atoms with E-state index in [0.29, 0.717) is 37.6 Å². The topological polar surface area (TPSA) is 65.5 Å². The molecule has 0 atom stereocenters. The van der Waals surface area contributed by atoms with Gasteiger partial charge < -0.3 is 16.0 Å². The predicted octanol–water partition coefficient (Wildman–Crippen LogP) is 2.85. The lowest BCUT2D eigenvalue weighted by Gasteiger charge is -2.24. The monoisotopic (exact) mass is 414 g/mol. The molecule has 0 aliphatic heterocycles. The summed E-state index contributed by atoms with van der Waals surface area (Å²) in [4.78, 5) is 16.1. The van der Waals surface area contributed by atoms with Crippen LogP contribution in [-0.4, -0.2) is 38.5 Å². The highest BCUT2D eigenvalue weighted by Crippen LogP contribution is 2.16. The molecule has 0 bridgehead atoms. The van der Waals surface area contributed by atoms with Crippen LogP contribution in [0.5, 0.6) is 0 Å². The Bertz CT molecular complexity index is 605. The number of hydrogen-bond acceptors (Lipinski definition) is 2. The minimum Gasteiger partial charge on any atom is -0.356 e. The van der Waals surface area contributed by atoms with Gasteiger partial charge >= 0.3 is 0 Å². The third-order valence-electron chi connectivity index (χ3n) is 3.80. The Morgan fingerprint density at radius 1 is 1.28 bits per heavy atom. The first kappa shape index (κ1) is 21.4. The zero-order valence-electron chi connectivity index (χ0n) is 15.4. The first-order valence-electron chi connectivity index (χ1n) is 8.47. The second-order valence-electron chi connectivity index (χ2n) is 6.44. The lowest BCUT2D eigenvalue weighted by molar-refractivity contribution is -0.128. The van der Waals surface area contributed by atoms with Crippen molar-refractivity contribution in [2.24, 2.45) is 10.4 Å². The zero-order chi connectivity index (χ0) is 18.9. The Morgan fingerprint density at radius 2 is 2.00 bits per heavy atom. The van der Waals surface area contributed by atoms with Crippen molar-refractivity contribution in [2.45, 2.75) is 33.6 Å². The van der Waals surface area contributed by atoms with Crippen molar-refractivity contribution in [3.8, 4) is 0 Å². The van der Waals surface area contributed by atoms with Crippen LogP contribution in [0.1, 0.15) is 32.8 Å². The Morgan fingerprint density at radius 3 is 2.60 bits per heavy atom. The summed E-state index contributed by atoms with van der Waals surface area (Å²) in [5.41, 5.74) is 0.166. The highest BCUT2D eigenvalue weighted by Gasteiger charge is 2.27. The van der Waals surface area contributed by atoms with Gasteiger partial charge in [0.1, 0.15) is 5.82 Å². The lowest BCUT2D eigenvalue weighted by atomic mass is 9.92. The molecule has 0 saturated heterocycles. The predicted molar refractivity (Wildman–Crippen MR) is 104 cm³/mol. The molecule has 7 heteroatoms. The van der Waals surface area contributed by atoms with Crippen LogP contribution >= 0.6 is 15.9 Å². The summed E-state index contributed by atoms with van der Waals surface area (Å²) in [5, 5.41) is 9.18. The van der Waals surface area contributed by atoms with Gasteiger partial charge in [0.25, 0.3) is 0 Å². The van der Waals surface area contributed by atoms with Crippen molar-refractivity contribution in [1.29, 1.82) is 0 Å². The summed E-state index contributed by atoms with van der Waals surface area (Å²) >= 11 is 3.25. The molecule has 1 aromatic rings.